The van der Waals surface area contributed by atoms with Crippen molar-refractivity contribution in [3.8, 4) is 0 Å². The van der Waals surface area contributed by atoms with E-state index in [1.807, 2.05) is 12.3 Å². The van der Waals surface area contributed by atoms with Crippen molar-refractivity contribution < 1.29 is 14.3 Å². The molecule has 102 valence electrons. The Hall–Kier alpha value is -1.62. The van der Waals surface area contributed by atoms with Crippen LogP contribution in [0.4, 0.5) is 5.00 Å². The number of ether oxygens (including phenoxy) is 1. The van der Waals surface area contributed by atoms with Crippen LogP contribution in [0, 0.1) is 12.8 Å². The Morgan fingerprint density at radius 3 is 3.00 bits per heavy atom. The maximum Gasteiger partial charge on any atom is 0.341 e. The number of aryl methyl sites for hydroxylation is 1. The number of hydrogen-bond donors (Lipinski definition) is 0. The average Bonchev–Trinajstić information content (AvgIpc) is 2.92. The van der Waals surface area contributed by atoms with Crippen LogP contribution in [0.25, 0.3) is 0 Å². The summed E-state index contributed by atoms with van der Waals surface area (Å²) >= 11 is 1.41. The number of esters is 1. The minimum absolute atomic E-state index is 0.0392. The summed E-state index contributed by atoms with van der Waals surface area (Å²) in [5.74, 6) is -0.159. The van der Waals surface area contributed by atoms with E-state index in [1.165, 1.54) is 11.3 Å². The number of hydrogen-bond acceptors (Lipinski definition) is 4. The van der Waals surface area contributed by atoms with Gasteiger partial charge in [-0.05, 0) is 24.8 Å². The molecule has 2 rings (SSSR count). The molecule has 1 saturated heterocycles. The van der Waals surface area contributed by atoms with Gasteiger partial charge in [-0.3, -0.25) is 4.79 Å². The van der Waals surface area contributed by atoms with Crippen LogP contribution in [0.5, 0.6) is 0 Å². The molecule has 1 aliphatic rings. The molecule has 5 heteroatoms. The standard InChI is InChI=1S/C14H17NO3S/c1-4-10-6-11(16)15(7-10)13-12(9(3)8-19-13)14(17)18-5-2/h4,8,10H,1,5-7H2,2-3H3. The van der Waals surface area contributed by atoms with E-state index in [-0.39, 0.29) is 17.8 Å². The van der Waals surface area contributed by atoms with Crippen molar-refractivity contribution in [1.82, 2.24) is 0 Å². The fourth-order valence-corrected chi connectivity index (χ4v) is 3.24. The van der Waals surface area contributed by atoms with Crippen LogP contribution in [0.3, 0.4) is 0 Å². The van der Waals surface area contributed by atoms with Crippen LogP contribution >= 0.6 is 11.3 Å². The van der Waals surface area contributed by atoms with E-state index in [9.17, 15) is 9.59 Å². The first kappa shape index (κ1) is 13.8. The van der Waals surface area contributed by atoms with Gasteiger partial charge in [-0.15, -0.1) is 17.9 Å². The largest absolute Gasteiger partial charge is 0.462 e. The van der Waals surface area contributed by atoms with E-state index < -0.39 is 0 Å². The third-order valence-corrected chi connectivity index (χ3v) is 4.29. The van der Waals surface area contributed by atoms with E-state index in [2.05, 4.69) is 6.58 Å². The molecule has 19 heavy (non-hydrogen) atoms. The van der Waals surface area contributed by atoms with Gasteiger partial charge >= 0.3 is 5.97 Å². The number of carbonyl (C=O) groups is 2. The molecule has 0 bridgehead atoms. The second-order valence-electron chi connectivity index (χ2n) is 4.52. The summed E-state index contributed by atoms with van der Waals surface area (Å²) in [5, 5.41) is 2.58. The topological polar surface area (TPSA) is 46.6 Å². The molecular formula is C14H17NO3S. The Morgan fingerprint density at radius 1 is 1.68 bits per heavy atom. The molecule has 1 unspecified atom stereocenters. The van der Waals surface area contributed by atoms with Gasteiger partial charge in [-0.25, -0.2) is 4.79 Å². The van der Waals surface area contributed by atoms with Gasteiger partial charge in [0.15, 0.2) is 0 Å². The molecule has 1 aromatic heterocycles. The lowest BCUT2D eigenvalue weighted by Crippen LogP contribution is -2.25. The van der Waals surface area contributed by atoms with Crippen molar-refractivity contribution in [2.45, 2.75) is 20.3 Å². The maximum absolute atomic E-state index is 12.0. The lowest BCUT2D eigenvalue weighted by atomic mass is 10.1. The predicted octanol–water partition coefficient (Wildman–Crippen LogP) is 2.77. The molecule has 0 spiro atoms. The molecular weight excluding hydrogens is 262 g/mol. The monoisotopic (exact) mass is 279 g/mol. The molecule has 4 nitrogen and oxygen atoms in total. The van der Waals surface area contributed by atoms with Crippen LogP contribution in [-0.4, -0.2) is 25.0 Å². The summed E-state index contributed by atoms with van der Waals surface area (Å²) in [7, 11) is 0. The van der Waals surface area contributed by atoms with Gasteiger partial charge in [0.1, 0.15) is 5.00 Å². The van der Waals surface area contributed by atoms with Gasteiger partial charge in [0, 0.05) is 18.9 Å². The fourth-order valence-electron chi connectivity index (χ4n) is 2.17. The highest BCUT2D eigenvalue weighted by atomic mass is 32.1. The van der Waals surface area contributed by atoms with Crippen molar-refractivity contribution in [3.05, 3.63) is 29.2 Å². The normalized spacial score (nSPS) is 18.7. The van der Waals surface area contributed by atoms with E-state index in [0.29, 0.717) is 30.1 Å². The highest BCUT2D eigenvalue weighted by Gasteiger charge is 2.33. The van der Waals surface area contributed by atoms with E-state index in [0.717, 1.165) is 5.56 Å². The number of nitrogens with zero attached hydrogens (tertiary/aromatic N) is 1. The van der Waals surface area contributed by atoms with Crippen molar-refractivity contribution in [2.75, 3.05) is 18.1 Å². The summed E-state index contributed by atoms with van der Waals surface area (Å²) < 4.78 is 5.07. The molecule has 2 heterocycles. The van der Waals surface area contributed by atoms with Gasteiger partial charge in [0.25, 0.3) is 0 Å². The molecule has 0 N–H and O–H groups in total. The molecule has 0 aromatic carbocycles. The minimum Gasteiger partial charge on any atom is -0.462 e. The Bertz CT molecular complexity index is 521. The van der Waals surface area contributed by atoms with Gasteiger partial charge < -0.3 is 9.64 Å². The SMILES string of the molecule is C=CC1CC(=O)N(c2scc(C)c2C(=O)OCC)C1. The molecule has 1 aromatic rings. The van der Waals surface area contributed by atoms with E-state index in [1.54, 1.807) is 17.9 Å². The Morgan fingerprint density at radius 2 is 2.42 bits per heavy atom. The first-order valence-corrected chi connectivity index (χ1v) is 7.14. The second kappa shape index (κ2) is 5.57. The van der Waals surface area contributed by atoms with Gasteiger partial charge in [0.2, 0.25) is 5.91 Å². The van der Waals surface area contributed by atoms with E-state index in [4.69, 9.17) is 4.74 Å². The number of thiophene rings is 1. The van der Waals surface area contributed by atoms with E-state index >= 15 is 0 Å². The summed E-state index contributed by atoms with van der Waals surface area (Å²) in [6.07, 6.45) is 2.26. The number of anilines is 1. The fraction of sp³-hybridized carbons (Fsp3) is 0.429. The molecule has 0 radical (unpaired) electrons. The zero-order chi connectivity index (χ0) is 14.0. The first-order valence-electron chi connectivity index (χ1n) is 6.26. The third-order valence-electron chi connectivity index (χ3n) is 3.17. The first-order chi connectivity index (χ1) is 9.08. The maximum atomic E-state index is 12.0. The average molecular weight is 279 g/mol. The molecule has 0 aliphatic carbocycles. The van der Waals surface area contributed by atoms with Crippen LogP contribution in [0.15, 0.2) is 18.0 Å². The van der Waals surface area contributed by atoms with Crippen LogP contribution in [0.1, 0.15) is 29.3 Å². The quantitative estimate of drug-likeness (QED) is 0.629. The molecule has 1 atom stereocenters. The summed E-state index contributed by atoms with van der Waals surface area (Å²) in [6.45, 7) is 8.28. The molecule has 1 aliphatic heterocycles. The highest BCUT2D eigenvalue weighted by molar-refractivity contribution is 7.15. The summed E-state index contributed by atoms with van der Waals surface area (Å²) in [5.41, 5.74) is 1.37. The van der Waals surface area contributed by atoms with Crippen molar-refractivity contribution in [2.24, 2.45) is 5.92 Å². The van der Waals surface area contributed by atoms with Crippen LogP contribution in [-0.2, 0) is 9.53 Å². The lowest BCUT2D eigenvalue weighted by Gasteiger charge is -2.16. The number of rotatable bonds is 4. The van der Waals surface area contributed by atoms with Crippen LogP contribution in [0.2, 0.25) is 0 Å². The molecule has 0 saturated carbocycles. The second-order valence-corrected chi connectivity index (χ2v) is 5.38. The van der Waals surface area contributed by atoms with Gasteiger partial charge in [-0.2, -0.15) is 0 Å². The van der Waals surface area contributed by atoms with Gasteiger partial charge in [0.05, 0.1) is 12.2 Å². The smallest absolute Gasteiger partial charge is 0.341 e. The number of amides is 1. The number of carbonyl (C=O) groups excluding carboxylic acids is 2. The Balaban J connectivity index is 2.33. The molecule has 1 amide bonds. The van der Waals surface area contributed by atoms with Crippen molar-refractivity contribution in [1.29, 1.82) is 0 Å². The zero-order valence-corrected chi connectivity index (χ0v) is 12.0. The van der Waals surface area contributed by atoms with Crippen molar-refractivity contribution in [3.63, 3.8) is 0 Å². The summed E-state index contributed by atoms with van der Waals surface area (Å²) in [6, 6.07) is 0. The Kier molecular flexibility index (Phi) is 4.04. The zero-order valence-electron chi connectivity index (χ0n) is 11.1. The third kappa shape index (κ3) is 2.56. The van der Waals surface area contributed by atoms with Gasteiger partial charge in [-0.1, -0.05) is 6.08 Å². The Labute approximate surface area is 116 Å². The lowest BCUT2D eigenvalue weighted by molar-refractivity contribution is -0.117. The minimum atomic E-state index is -0.355. The summed E-state index contributed by atoms with van der Waals surface area (Å²) in [4.78, 5) is 25.7. The van der Waals surface area contributed by atoms with Crippen LogP contribution < -0.4 is 4.90 Å². The highest BCUT2D eigenvalue weighted by Crippen LogP contribution is 2.36. The molecule has 1 fully saturated rings. The predicted molar refractivity (Wildman–Crippen MR) is 75.7 cm³/mol. The van der Waals surface area contributed by atoms with Crippen molar-refractivity contribution >= 4 is 28.2 Å².